The molecular formula is C20H28ClN3O3. The van der Waals surface area contributed by atoms with Gasteiger partial charge in [-0.1, -0.05) is 38.3 Å². The smallest absolute Gasteiger partial charge is 0.248 e. The fourth-order valence-corrected chi connectivity index (χ4v) is 3.33. The number of anilines is 1. The molecule has 0 spiro atoms. The van der Waals surface area contributed by atoms with Crippen LogP contribution in [0.25, 0.3) is 0 Å². The summed E-state index contributed by atoms with van der Waals surface area (Å²) < 4.78 is 0. The summed E-state index contributed by atoms with van der Waals surface area (Å²) in [7, 11) is 1.66. The molecule has 0 saturated carbocycles. The van der Waals surface area contributed by atoms with Gasteiger partial charge in [-0.2, -0.15) is 0 Å². The van der Waals surface area contributed by atoms with Crippen molar-refractivity contribution in [1.82, 2.24) is 9.80 Å². The van der Waals surface area contributed by atoms with E-state index in [1.807, 2.05) is 6.92 Å². The molecule has 0 radical (unpaired) electrons. The lowest BCUT2D eigenvalue weighted by Gasteiger charge is -2.25. The van der Waals surface area contributed by atoms with Crippen LogP contribution in [-0.2, 0) is 14.4 Å². The first-order valence-corrected chi connectivity index (χ1v) is 9.83. The molecule has 3 amide bonds. The molecule has 1 aliphatic heterocycles. The van der Waals surface area contributed by atoms with Gasteiger partial charge in [-0.15, -0.1) is 0 Å². The average molecular weight is 394 g/mol. The van der Waals surface area contributed by atoms with Crippen LogP contribution < -0.4 is 4.90 Å². The number of amides is 3. The van der Waals surface area contributed by atoms with E-state index in [9.17, 15) is 14.4 Å². The molecule has 148 valence electrons. The second-order valence-electron chi connectivity index (χ2n) is 6.97. The van der Waals surface area contributed by atoms with Gasteiger partial charge in [-0.3, -0.25) is 19.3 Å². The highest BCUT2D eigenvalue weighted by atomic mass is 35.5. The third-order valence-electron chi connectivity index (χ3n) is 4.93. The molecule has 6 nitrogen and oxygen atoms in total. The van der Waals surface area contributed by atoms with Crippen molar-refractivity contribution < 1.29 is 14.4 Å². The highest BCUT2D eigenvalue weighted by molar-refractivity contribution is 6.30. The maximum Gasteiger partial charge on any atom is 0.248 e. The van der Waals surface area contributed by atoms with Gasteiger partial charge in [0.1, 0.15) is 13.2 Å². The van der Waals surface area contributed by atoms with Crippen LogP contribution >= 0.6 is 11.6 Å². The Morgan fingerprint density at radius 1 is 1.22 bits per heavy atom. The molecule has 1 fully saturated rings. The molecule has 0 bridgehead atoms. The lowest BCUT2D eigenvalue weighted by molar-refractivity contribution is -0.141. The molecule has 27 heavy (non-hydrogen) atoms. The Morgan fingerprint density at radius 2 is 1.89 bits per heavy atom. The first-order valence-electron chi connectivity index (χ1n) is 9.46. The van der Waals surface area contributed by atoms with Crippen molar-refractivity contribution in [3.05, 3.63) is 29.3 Å². The molecule has 1 heterocycles. The van der Waals surface area contributed by atoms with E-state index in [0.717, 1.165) is 25.7 Å². The van der Waals surface area contributed by atoms with Gasteiger partial charge in [0, 0.05) is 23.7 Å². The van der Waals surface area contributed by atoms with E-state index in [-0.39, 0.29) is 43.4 Å². The zero-order valence-electron chi connectivity index (χ0n) is 16.3. The van der Waals surface area contributed by atoms with Crippen LogP contribution in [0.2, 0.25) is 5.02 Å². The van der Waals surface area contributed by atoms with E-state index in [4.69, 9.17) is 11.6 Å². The number of unbranched alkanes of at least 4 members (excludes halogenated alkanes) is 1. The number of rotatable bonds is 8. The zero-order chi connectivity index (χ0) is 20.0. The molecular weight excluding hydrogens is 366 g/mol. The van der Waals surface area contributed by atoms with Crippen molar-refractivity contribution in [1.29, 1.82) is 0 Å². The maximum atomic E-state index is 12.6. The quantitative estimate of drug-likeness (QED) is 0.681. The Labute approximate surface area is 166 Å². The van der Waals surface area contributed by atoms with E-state index in [0.29, 0.717) is 10.7 Å². The highest BCUT2D eigenvalue weighted by Gasteiger charge is 2.33. The number of carbonyl (C=O) groups is 3. The van der Waals surface area contributed by atoms with Gasteiger partial charge in [0.25, 0.3) is 0 Å². The Morgan fingerprint density at radius 3 is 2.48 bits per heavy atom. The molecule has 1 aromatic carbocycles. The summed E-state index contributed by atoms with van der Waals surface area (Å²) in [6.45, 7) is 4.30. The van der Waals surface area contributed by atoms with E-state index in [1.54, 1.807) is 36.2 Å². The third kappa shape index (κ3) is 5.45. The molecule has 0 N–H and O–H groups in total. The molecule has 0 aromatic heterocycles. The fourth-order valence-electron chi connectivity index (χ4n) is 3.21. The molecule has 1 aromatic rings. The van der Waals surface area contributed by atoms with Gasteiger partial charge in [-0.25, -0.2) is 0 Å². The van der Waals surface area contributed by atoms with Crippen molar-refractivity contribution in [3.8, 4) is 0 Å². The SMILES string of the molecule is CCCC[C@@H](CC)C(=O)N(C)CC(=O)N1CC(=O)N(c2ccc(Cl)cc2)C1. The average Bonchev–Trinajstić information content (AvgIpc) is 3.04. The molecule has 0 aliphatic carbocycles. The summed E-state index contributed by atoms with van der Waals surface area (Å²) in [6.07, 6.45) is 3.66. The molecule has 1 atom stereocenters. The lowest BCUT2D eigenvalue weighted by Crippen LogP contribution is -2.42. The summed E-state index contributed by atoms with van der Waals surface area (Å²) in [6, 6.07) is 6.93. The standard InChI is InChI=1S/C20H28ClN3O3/c1-4-6-7-15(5-2)20(27)22(3)12-18(25)23-13-19(26)24(14-23)17-10-8-16(21)9-11-17/h8-11,15H,4-7,12-14H2,1-3H3/t15-/m1/s1. The second-order valence-corrected chi connectivity index (χ2v) is 7.41. The lowest BCUT2D eigenvalue weighted by atomic mass is 9.98. The number of carbonyl (C=O) groups excluding carboxylic acids is 3. The molecule has 0 unspecified atom stereocenters. The van der Waals surface area contributed by atoms with Gasteiger partial charge in [0.05, 0.1) is 6.54 Å². The first-order chi connectivity index (χ1) is 12.9. The summed E-state index contributed by atoms with van der Waals surface area (Å²) in [5.74, 6) is -0.414. The fraction of sp³-hybridized carbons (Fsp3) is 0.550. The van der Waals surface area contributed by atoms with Crippen molar-refractivity contribution >= 4 is 35.0 Å². The van der Waals surface area contributed by atoms with Gasteiger partial charge < -0.3 is 9.80 Å². The van der Waals surface area contributed by atoms with Crippen molar-refractivity contribution in [3.63, 3.8) is 0 Å². The number of likely N-dealkylation sites (N-methyl/N-ethyl adjacent to an activating group) is 1. The van der Waals surface area contributed by atoms with E-state index >= 15 is 0 Å². The largest absolute Gasteiger partial charge is 0.336 e. The number of halogens is 1. The topological polar surface area (TPSA) is 60.9 Å². The van der Waals surface area contributed by atoms with Crippen LogP contribution in [0.3, 0.4) is 0 Å². The van der Waals surface area contributed by atoms with E-state index in [1.165, 1.54) is 9.80 Å². The molecule has 7 heteroatoms. The Kier molecular flexibility index (Phi) is 7.66. The maximum absolute atomic E-state index is 12.6. The molecule has 1 saturated heterocycles. The second kappa shape index (κ2) is 9.74. The van der Waals surface area contributed by atoms with Crippen LogP contribution in [0.5, 0.6) is 0 Å². The number of benzene rings is 1. The van der Waals surface area contributed by atoms with E-state index < -0.39 is 0 Å². The monoisotopic (exact) mass is 393 g/mol. The van der Waals surface area contributed by atoms with Crippen LogP contribution in [0.1, 0.15) is 39.5 Å². The van der Waals surface area contributed by atoms with Crippen LogP contribution in [-0.4, -0.2) is 54.3 Å². The highest BCUT2D eigenvalue weighted by Crippen LogP contribution is 2.22. The van der Waals surface area contributed by atoms with Gasteiger partial charge in [0.15, 0.2) is 0 Å². The number of hydrogen-bond acceptors (Lipinski definition) is 3. The zero-order valence-corrected chi connectivity index (χ0v) is 17.0. The van der Waals surface area contributed by atoms with Crippen LogP contribution in [0.4, 0.5) is 5.69 Å². The van der Waals surface area contributed by atoms with Crippen LogP contribution in [0.15, 0.2) is 24.3 Å². The molecule has 2 rings (SSSR count). The normalized spacial score (nSPS) is 15.2. The summed E-state index contributed by atoms with van der Waals surface area (Å²) >= 11 is 5.88. The van der Waals surface area contributed by atoms with Crippen LogP contribution in [0, 0.1) is 5.92 Å². The Bertz CT molecular complexity index is 678. The first kappa shape index (κ1) is 21.2. The predicted molar refractivity (Wildman–Crippen MR) is 106 cm³/mol. The summed E-state index contributed by atoms with van der Waals surface area (Å²) in [5.41, 5.74) is 0.703. The Hall–Kier alpha value is -2.08. The molecule has 1 aliphatic rings. The minimum Gasteiger partial charge on any atom is -0.336 e. The van der Waals surface area contributed by atoms with Crippen molar-refractivity contribution in [2.24, 2.45) is 5.92 Å². The minimum absolute atomic E-state index is 0.000573. The van der Waals surface area contributed by atoms with Crippen molar-refractivity contribution in [2.75, 3.05) is 31.7 Å². The minimum atomic E-state index is -0.221. The number of nitrogens with zero attached hydrogens (tertiary/aromatic N) is 3. The van der Waals surface area contributed by atoms with E-state index in [2.05, 4.69) is 6.92 Å². The summed E-state index contributed by atoms with van der Waals surface area (Å²) in [5, 5.41) is 0.590. The summed E-state index contributed by atoms with van der Waals surface area (Å²) in [4.78, 5) is 42.0. The Balaban J connectivity index is 1.94. The number of hydrogen-bond donors (Lipinski definition) is 0. The third-order valence-corrected chi connectivity index (χ3v) is 5.18. The predicted octanol–water partition coefficient (Wildman–Crippen LogP) is 3.15. The van der Waals surface area contributed by atoms with Gasteiger partial charge >= 0.3 is 0 Å². The van der Waals surface area contributed by atoms with Crippen molar-refractivity contribution in [2.45, 2.75) is 39.5 Å². The van der Waals surface area contributed by atoms with Gasteiger partial charge in [-0.05, 0) is 37.1 Å². The van der Waals surface area contributed by atoms with Gasteiger partial charge in [0.2, 0.25) is 17.7 Å².